The van der Waals surface area contributed by atoms with E-state index in [9.17, 15) is 26.4 Å². The SMILES string of the molecule is CC(c1ccc(S(N)(=O)=O)cc1)N(C)C(=O)Cc1ccc(C(F)(F)F)cc1. The van der Waals surface area contributed by atoms with Gasteiger partial charge in [-0.05, 0) is 42.3 Å². The van der Waals surface area contributed by atoms with Gasteiger partial charge in [-0.2, -0.15) is 13.2 Å². The van der Waals surface area contributed by atoms with Gasteiger partial charge in [-0.1, -0.05) is 24.3 Å². The lowest BCUT2D eigenvalue weighted by atomic mass is 10.1. The largest absolute Gasteiger partial charge is 0.416 e. The van der Waals surface area contributed by atoms with Crippen molar-refractivity contribution in [1.82, 2.24) is 4.90 Å². The lowest BCUT2D eigenvalue weighted by molar-refractivity contribution is -0.137. The highest BCUT2D eigenvalue weighted by Gasteiger charge is 2.30. The standard InChI is InChI=1S/C18H19F3N2O3S/c1-12(14-5-9-16(10-6-14)27(22,25)26)23(2)17(24)11-13-3-7-15(8-4-13)18(19,20)21/h3-10,12H,11H2,1-2H3,(H2,22,25,26). The van der Waals surface area contributed by atoms with Gasteiger partial charge in [0.1, 0.15) is 0 Å². The molecule has 0 aliphatic heterocycles. The number of nitrogens with zero attached hydrogens (tertiary/aromatic N) is 1. The van der Waals surface area contributed by atoms with Crippen molar-refractivity contribution >= 4 is 15.9 Å². The van der Waals surface area contributed by atoms with Crippen LogP contribution in [0.15, 0.2) is 53.4 Å². The first-order valence-electron chi connectivity index (χ1n) is 7.94. The highest BCUT2D eigenvalue weighted by molar-refractivity contribution is 7.89. The van der Waals surface area contributed by atoms with Gasteiger partial charge in [-0.25, -0.2) is 13.6 Å². The Morgan fingerprint density at radius 3 is 2.04 bits per heavy atom. The Hall–Kier alpha value is -2.39. The molecular weight excluding hydrogens is 381 g/mol. The molecule has 1 atom stereocenters. The highest BCUT2D eigenvalue weighted by atomic mass is 32.2. The van der Waals surface area contributed by atoms with E-state index in [1.54, 1.807) is 26.1 Å². The Morgan fingerprint density at radius 2 is 1.59 bits per heavy atom. The highest BCUT2D eigenvalue weighted by Crippen LogP contribution is 2.29. The van der Waals surface area contributed by atoms with Crippen LogP contribution in [0.2, 0.25) is 0 Å². The van der Waals surface area contributed by atoms with Crippen molar-refractivity contribution in [3.8, 4) is 0 Å². The van der Waals surface area contributed by atoms with Crippen molar-refractivity contribution in [3.05, 3.63) is 65.2 Å². The van der Waals surface area contributed by atoms with Crippen LogP contribution in [0.1, 0.15) is 29.7 Å². The van der Waals surface area contributed by atoms with E-state index < -0.39 is 21.8 Å². The van der Waals surface area contributed by atoms with Gasteiger partial charge in [0.05, 0.1) is 22.9 Å². The van der Waals surface area contributed by atoms with Crippen LogP contribution in [-0.2, 0) is 27.4 Å². The maximum atomic E-state index is 12.6. The van der Waals surface area contributed by atoms with E-state index in [2.05, 4.69) is 0 Å². The number of halogens is 3. The molecule has 0 spiro atoms. The van der Waals surface area contributed by atoms with E-state index in [4.69, 9.17) is 5.14 Å². The van der Waals surface area contributed by atoms with Crippen LogP contribution in [-0.4, -0.2) is 26.3 Å². The van der Waals surface area contributed by atoms with E-state index in [1.807, 2.05) is 0 Å². The van der Waals surface area contributed by atoms with Crippen molar-refractivity contribution in [2.45, 2.75) is 30.5 Å². The maximum Gasteiger partial charge on any atom is 0.416 e. The lowest BCUT2D eigenvalue weighted by Gasteiger charge is -2.25. The zero-order chi connectivity index (χ0) is 20.4. The van der Waals surface area contributed by atoms with Gasteiger partial charge in [-0.3, -0.25) is 4.79 Å². The summed E-state index contributed by atoms with van der Waals surface area (Å²) in [6, 6.07) is 9.92. The van der Waals surface area contributed by atoms with Gasteiger partial charge in [0.15, 0.2) is 0 Å². The Balaban J connectivity index is 2.08. The van der Waals surface area contributed by atoms with Gasteiger partial charge in [0.25, 0.3) is 0 Å². The van der Waals surface area contributed by atoms with Crippen molar-refractivity contribution in [1.29, 1.82) is 0 Å². The van der Waals surface area contributed by atoms with Gasteiger partial charge in [0.2, 0.25) is 15.9 Å². The number of carbonyl (C=O) groups excluding carboxylic acids is 1. The second kappa shape index (κ2) is 7.69. The predicted octanol–water partition coefficient (Wildman–Crippen LogP) is 3.11. The third-order valence-electron chi connectivity index (χ3n) is 4.30. The molecule has 0 aliphatic carbocycles. The van der Waals surface area contributed by atoms with Gasteiger partial charge < -0.3 is 4.90 Å². The molecule has 2 rings (SSSR count). The van der Waals surface area contributed by atoms with Crippen LogP contribution in [0.25, 0.3) is 0 Å². The number of amides is 1. The number of hydrogen-bond donors (Lipinski definition) is 1. The fourth-order valence-electron chi connectivity index (χ4n) is 2.49. The zero-order valence-electron chi connectivity index (χ0n) is 14.7. The van der Waals surface area contributed by atoms with E-state index in [-0.39, 0.29) is 23.3 Å². The van der Waals surface area contributed by atoms with Crippen LogP contribution in [0.5, 0.6) is 0 Å². The molecule has 1 unspecified atom stereocenters. The maximum absolute atomic E-state index is 12.6. The van der Waals surface area contributed by atoms with Crippen LogP contribution in [0, 0.1) is 0 Å². The van der Waals surface area contributed by atoms with Gasteiger partial charge in [0, 0.05) is 7.05 Å². The Morgan fingerprint density at radius 1 is 1.07 bits per heavy atom. The molecule has 0 aromatic heterocycles. The quantitative estimate of drug-likeness (QED) is 0.837. The fourth-order valence-corrected chi connectivity index (χ4v) is 3.00. The van der Waals surface area contributed by atoms with E-state index in [0.29, 0.717) is 11.1 Å². The molecule has 5 nitrogen and oxygen atoms in total. The van der Waals surface area contributed by atoms with E-state index in [0.717, 1.165) is 12.1 Å². The van der Waals surface area contributed by atoms with Crippen LogP contribution >= 0.6 is 0 Å². The summed E-state index contributed by atoms with van der Waals surface area (Å²) in [7, 11) is -2.22. The molecule has 2 aromatic rings. The van der Waals surface area contributed by atoms with Crippen LogP contribution in [0.4, 0.5) is 13.2 Å². The lowest BCUT2D eigenvalue weighted by Crippen LogP contribution is -2.31. The van der Waals surface area contributed by atoms with E-state index >= 15 is 0 Å². The number of benzene rings is 2. The van der Waals surface area contributed by atoms with Crippen LogP contribution < -0.4 is 5.14 Å². The Kier molecular flexibility index (Phi) is 5.96. The number of carbonyl (C=O) groups is 1. The summed E-state index contributed by atoms with van der Waals surface area (Å²) >= 11 is 0. The number of hydrogen-bond acceptors (Lipinski definition) is 3. The average molecular weight is 400 g/mol. The molecule has 146 valence electrons. The minimum absolute atomic E-state index is 0.0304. The smallest absolute Gasteiger partial charge is 0.339 e. The van der Waals surface area contributed by atoms with E-state index in [1.165, 1.54) is 29.2 Å². The summed E-state index contributed by atoms with van der Waals surface area (Å²) in [5, 5.41) is 5.05. The number of sulfonamides is 1. The van der Waals surface area contributed by atoms with Crippen molar-refractivity contribution in [2.24, 2.45) is 5.14 Å². The number of rotatable bonds is 5. The third-order valence-corrected chi connectivity index (χ3v) is 5.23. The summed E-state index contributed by atoms with van der Waals surface area (Å²) in [5.74, 6) is -0.280. The Bertz CT molecular complexity index is 908. The second-order valence-corrected chi connectivity index (χ2v) is 7.73. The van der Waals surface area contributed by atoms with Gasteiger partial charge in [-0.15, -0.1) is 0 Å². The van der Waals surface area contributed by atoms with Crippen molar-refractivity contribution < 1.29 is 26.4 Å². The van der Waals surface area contributed by atoms with Crippen molar-refractivity contribution in [2.75, 3.05) is 7.05 Å². The normalized spacial score (nSPS) is 13.3. The summed E-state index contributed by atoms with van der Waals surface area (Å²) in [4.78, 5) is 13.8. The topological polar surface area (TPSA) is 80.5 Å². The zero-order valence-corrected chi connectivity index (χ0v) is 15.5. The molecule has 2 aromatic carbocycles. The molecule has 0 fully saturated rings. The summed E-state index contributed by atoms with van der Waals surface area (Å²) < 4.78 is 60.3. The first-order valence-corrected chi connectivity index (χ1v) is 9.49. The number of alkyl halides is 3. The molecule has 1 amide bonds. The second-order valence-electron chi connectivity index (χ2n) is 6.17. The molecule has 0 aliphatic rings. The number of nitrogens with two attached hydrogens (primary N) is 1. The first-order chi connectivity index (χ1) is 12.4. The minimum Gasteiger partial charge on any atom is -0.339 e. The number of primary sulfonamides is 1. The molecule has 0 saturated heterocycles. The number of likely N-dealkylation sites (N-methyl/N-ethyl adjacent to an activating group) is 1. The molecular formula is C18H19F3N2O3S. The summed E-state index contributed by atoms with van der Waals surface area (Å²) in [5.41, 5.74) is 0.401. The van der Waals surface area contributed by atoms with Crippen molar-refractivity contribution in [3.63, 3.8) is 0 Å². The molecule has 27 heavy (non-hydrogen) atoms. The molecule has 0 bridgehead atoms. The van der Waals surface area contributed by atoms with Crippen LogP contribution in [0.3, 0.4) is 0 Å². The fraction of sp³-hybridized carbons (Fsp3) is 0.278. The monoisotopic (exact) mass is 400 g/mol. The summed E-state index contributed by atoms with van der Waals surface area (Å²) in [6.07, 6.45) is -4.47. The molecule has 0 heterocycles. The molecule has 0 saturated carbocycles. The molecule has 2 N–H and O–H groups in total. The predicted molar refractivity (Wildman–Crippen MR) is 94.1 cm³/mol. The minimum atomic E-state index is -4.42. The Labute approximate surface area is 155 Å². The average Bonchev–Trinajstić information content (AvgIpc) is 2.59. The third kappa shape index (κ3) is 5.30. The summed E-state index contributed by atoms with van der Waals surface area (Å²) in [6.45, 7) is 1.76. The molecule has 9 heteroatoms. The van der Waals surface area contributed by atoms with Gasteiger partial charge >= 0.3 is 6.18 Å². The first kappa shape index (κ1) is 20.9. The molecule has 0 radical (unpaired) electrons.